The topological polar surface area (TPSA) is 112 Å². The summed E-state index contributed by atoms with van der Waals surface area (Å²) in [4.78, 5) is 45.4. The second kappa shape index (κ2) is 15.5. The summed E-state index contributed by atoms with van der Waals surface area (Å²) in [6.45, 7) is 7.36. The largest absolute Gasteiger partial charge is 0.417 e. The van der Waals surface area contributed by atoms with Gasteiger partial charge in [-0.1, -0.05) is 12.1 Å². The number of piperidine rings is 2. The number of nitrogens with zero attached hydrogens (tertiary/aromatic N) is 5. The number of carbonyl (C=O) groups is 3. The fourth-order valence-electron chi connectivity index (χ4n) is 8.09. The van der Waals surface area contributed by atoms with Crippen LogP contribution >= 0.6 is 0 Å². The molecule has 0 spiro atoms. The van der Waals surface area contributed by atoms with E-state index in [1.807, 2.05) is 17.0 Å². The Hall–Kier alpha value is -5.09. The van der Waals surface area contributed by atoms with Crippen LogP contribution in [0.4, 0.5) is 30.2 Å². The number of unbranched alkanes of at least 4 members (excludes halogenated alkanes) is 1. The van der Waals surface area contributed by atoms with Gasteiger partial charge in [0.2, 0.25) is 11.8 Å². The third-order valence-corrected chi connectivity index (χ3v) is 11.1. The number of halogens is 3. The summed E-state index contributed by atoms with van der Waals surface area (Å²) in [5, 5.41) is 15.0. The molecule has 4 aliphatic heterocycles. The number of piperazine rings is 1. The number of nitrogens with one attached hydrogen (secondary N) is 2. The van der Waals surface area contributed by atoms with Crippen molar-refractivity contribution in [2.24, 2.45) is 0 Å². The van der Waals surface area contributed by atoms with Gasteiger partial charge in [0.25, 0.3) is 5.91 Å². The van der Waals surface area contributed by atoms with Gasteiger partial charge in [0.05, 0.1) is 17.2 Å². The first kappa shape index (κ1) is 36.3. The van der Waals surface area contributed by atoms with Crippen LogP contribution in [-0.2, 0) is 22.3 Å². The van der Waals surface area contributed by atoms with Gasteiger partial charge < -0.3 is 20.0 Å². The van der Waals surface area contributed by atoms with Crippen molar-refractivity contribution in [3.63, 3.8) is 0 Å². The Kier molecular flexibility index (Phi) is 10.6. The molecule has 3 amide bonds. The van der Waals surface area contributed by atoms with Crippen LogP contribution in [0.15, 0.2) is 60.7 Å². The summed E-state index contributed by atoms with van der Waals surface area (Å²) in [7, 11) is 0. The van der Waals surface area contributed by atoms with Gasteiger partial charge in [0.15, 0.2) is 0 Å². The fraction of sp³-hybridized carbons (Fsp3) is 0.450. The number of anilines is 3. The number of carbonyl (C=O) groups excluding carboxylic acids is 3. The molecule has 0 radical (unpaired) electrons. The summed E-state index contributed by atoms with van der Waals surface area (Å²) < 4.78 is 40.3. The number of amides is 3. The smallest absolute Gasteiger partial charge is 0.385 e. The SMILES string of the molecule is N#Cc1ccc(N2CCC(c3ccc(NCCCCN4CCN(c5ccc6c(c5)CN(C5CCC(=O)NC5=O)C6=O)CC4)cc3)CC2)cc1C(F)(F)F. The molecular formula is C40H44F3N7O3. The highest BCUT2D eigenvalue weighted by Crippen LogP contribution is 2.37. The Bertz CT molecular complexity index is 1880. The zero-order chi connectivity index (χ0) is 37.1. The van der Waals surface area contributed by atoms with Crippen molar-refractivity contribution in [1.29, 1.82) is 5.26 Å². The Morgan fingerprint density at radius 3 is 2.23 bits per heavy atom. The maximum atomic E-state index is 13.4. The van der Waals surface area contributed by atoms with E-state index >= 15 is 0 Å². The molecule has 1 atom stereocenters. The van der Waals surface area contributed by atoms with Crippen LogP contribution in [0.5, 0.6) is 0 Å². The average Bonchev–Trinajstić information content (AvgIpc) is 3.49. The first-order valence-electron chi connectivity index (χ1n) is 18.5. The standard InChI is InChI=1S/C40H44F3N7O3/c41-40(42,43)35-24-33(8-5-29(35)25-44)48-17-13-28(14-18-48)27-3-6-31(7-4-27)45-15-1-2-16-47-19-21-49(22-20-47)32-9-10-34-30(23-32)26-50(39(34)53)36-11-12-37(51)46-38(36)52/h3-10,23-24,28,36,45H,1-2,11-22,26H2,(H,46,51,52). The molecule has 0 bridgehead atoms. The molecular weight excluding hydrogens is 683 g/mol. The van der Waals surface area contributed by atoms with E-state index in [2.05, 4.69) is 50.8 Å². The molecule has 0 aliphatic carbocycles. The lowest BCUT2D eigenvalue weighted by Gasteiger charge is -2.36. The van der Waals surface area contributed by atoms with Crippen LogP contribution in [0.25, 0.3) is 0 Å². The maximum absolute atomic E-state index is 13.4. The molecule has 2 N–H and O–H groups in total. The second-order valence-corrected chi connectivity index (χ2v) is 14.4. The molecule has 278 valence electrons. The zero-order valence-corrected chi connectivity index (χ0v) is 29.6. The van der Waals surface area contributed by atoms with Crippen LogP contribution in [0.1, 0.15) is 77.1 Å². The number of nitriles is 1. The van der Waals surface area contributed by atoms with Crippen molar-refractivity contribution in [1.82, 2.24) is 15.1 Å². The predicted octanol–water partition coefficient (Wildman–Crippen LogP) is 5.74. The van der Waals surface area contributed by atoms with Gasteiger partial charge in [-0.05, 0) is 104 Å². The van der Waals surface area contributed by atoms with Gasteiger partial charge in [-0.2, -0.15) is 18.4 Å². The minimum Gasteiger partial charge on any atom is -0.385 e. The van der Waals surface area contributed by atoms with Crippen molar-refractivity contribution in [2.45, 2.75) is 63.2 Å². The second-order valence-electron chi connectivity index (χ2n) is 14.4. The Morgan fingerprint density at radius 1 is 0.830 bits per heavy atom. The number of hydrogen-bond donors (Lipinski definition) is 2. The predicted molar refractivity (Wildman–Crippen MR) is 196 cm³/mol. The summed E-state index contributed by atoms with van der Waals surface area (Å²) in [5.74, 6) is -0.479. The number of benzene rings is 3. The molecule has 7 rings (SSSR count). The molecule has 10 nitrogen and oxygen atoms in total. The van der Waals surface area contributed by atoms with E-state index in [-0.39, 0.29) is 23.8 Å². The fourth-order valence-corrected chi connectivity index (χ4v) is 8.09. The molecule has 4 heterocycles. The van der Waals surface area contributed by atoms with Crippen LogP contribution in [0.2, 0.25) is 0 Å². The lowest BCUT2D eigenvalue weighted by molar-refractivity contribution is -0.138. The normalized spacial score (nSPS) is 20.0. The van der Waals surface area contributed by atoms with Crippen molar-refractivity contribution in [3.8, 4) is 6.07 Å². The summed E-state index contributed by atoms with van der Waals surface area (Å²) in [6.07, 6.45) is -0.120. The van der Waals surface area contributed by atoms with Gasteiger partial charge in [-0.3, -0.25) is 24.6 Å². The molecule has 3 fully saturated rings. The highest BCUT2D eigenvalue weighted by atomic mass is 19.4. The molecule has 3 saturated heterocycles. The highest BCUT2D eigenvalue weighted by molar-refractivity contribution is 6.05. The first-order valence-corrected chi connectivity index (χ1v) is 18.5. The first-order chi connectivity index (χ1) is 25.6. The number of alkyl halides is 3. The highest BCUT2D eigenvalue weighted by Gasteiger charge is 2.39. The monoisotopic (exact) mass is 727 g/mol. The van der Waals surface area contributed by atoms with Crippen molar-refractivity contribution < 1.29 is 27.6 Å². The number of rotatable bonds is 10. The van der Waals surface area contributed by atoms with E-state index in [4.69, 9.17) is 5.26 Å². The van der Waals surface area contributed by atoms with Gasteiger partial charge in [-0.25, -0.2) is 0 Å². The van der Waals surface area contributed by atoms with E-state index in [0.717, 1.165) is 88.0 Å². The van der Waals surface area contributed by atoms with Crippen LogP contribution in [-0.4, -0.2) is 85.9 Å². The maximum Gasteiger partial charge on any atom is 0.417 e. The van der Waals surface area contributed by atoms with E-state index in [1.54, 1.807) is 17.0 Å². The number of hydrogen-bond acceptors (Lipinski definition) is 8. The molecule has 0 aromatic heterocycles. The molecule has 3 aromatic carbocycles. The Labute approximate surface area is 307 Å². The molecule has 1 unspecified atom stereocenters. The third kappa shape index (κ3) is 8.13. The summed E-state index contributed by atoms with van der Waals surface area (Å²) in [5.41, 5.74) is 4.26. The van der Waals surface area contributed by atoms with Gasteiger partial charge in [-0.15, -0.1) is 0 Å². The lowest BCUT2D eigenvalue weighted by Crippen LogP contribution is -2.52. The minimum absolute atomic E-state index is 0.149. The van der Waals surface area contributed by atoms with Gasteiger partial charge in [0, 0.05) is 81.4 Å². The van der Waals surface area contributed by atoms with E-state index in [0.29, 0.717) is 43.2 Å². The van der Waals surface area contributed by atoms with Crippen molar-refractivity contribution >= 4 is 34.8 Å². The number of fused-ring (bicyclic) bond motifs is 1. The van der Waals surface area contributed by atoms with E-state index in [9.17, 15) is 27.6 Å². The van der Waals surface area contributed by atoms with Crippen molar-refractivity contribution in [3.05, 3.63) is 88.5 Å². The van der Waals surface area contributed by atoms with E-state index < -0.39 is 23.7 Å². The summed E-state index contributed by atoms with van der Waals surface area (Å²) >= 11 is 0. The minimum atomic E-state index is -4.56. The molecule has 0 saturated carbocycles. The lowest BCUT2D eigenvalue weighted by atomic mass is 9.89. The molecule has 53 heavy (non-hydrogen) atoms. The van der Waals surface area contributed by atoms with Gasteiger partial charge >= 0.3 is 6.18 Å². The molecule has 4 aliphatic rings. The van der Waals surface area contributed by atoms with Gasteiger partial charge in [0.1, 0.15) is 6.04 Å². The average molecular weight is 728 g/mol. The van der Waals surface area contributed by atoms with Crippen LogP contribution < -0.4 is 20.4 Å². The van der Waals surface area contributed by atoms with Crippen LogP contribution in [0, 0.1) is 11.3 Å². The molecule has 3 aromatic rings. The van der Waals surface area contributed by atoms with Crippen LogP contribution in [0.3, 0.4) is 0 Å². The summed E-state index contributed by atoms with van der Waals surface area (Å²) in [6, 6.07) is 19.5. The number of imide groups is 1. The quantitative estimate of drug-likeness (QED) is 0.201. The van der Waals surface area contributed by atoms with Crippen molar-refractivity contribution in [2.75, 3.05) is 67.5 Å². The van der Waals surface area contributed by atoms with E-state index in [1.165, 1.54) is 11.6 Å². The third-order valence-electron chi connectivity index (χ3n) is 11.1. The Balaban J connectivity index is 0.800. The molecule has 13 heteroatoms. The Morgan fingerprint density at radius 2 is 1.53 bits per heavy atom. The zero-order valence-electron chi connectivity index (χ0n) is 29.6.